The van der Waals surface area contributed by atoms with Crippen molar-refractivity contribution in [3.63, 3.8) is 0 Å². The van der Waals surface area contributed by atoms with Gasteiger partial charge in [-0.15, -0.1) is 0 Å². The Bertz CT molecular complexity index is 3720. The molecule has 1 aromatic heterocycles. The van der Waals surface area contributed by atoms with Crippen molar-refractivity contribution in [1.29, 1.82) is 0 Å². The van der Waals surface area contributed by atoms with E-state index in [1.54, 1.807) is 61.7 Å². The molecule has 1 aliphatic heterocycles. The predicted molar refractivity (Wildman–Crippen MR) is 373 cm³/mol. The van der Waals surface area contributed by atoms with Crippen LogP contribution in [-0.2, 0) is 85.1 Å². The van der Waals surface area contributed by atoms with Gasteiger partial charge >= 0.3 is 6.09 Å². The second-order valence-corrected chi connectivity index (χ2v) is 24.6. The summed E-state index contributed by atoms with van der Waals surface area (Å²) in [5.41, 5.74) is 15.8. The highest BCUT2D eigenvalue weighted by molar-refractivity contribution is 5.99. The fraction of sp³-hybridized carbons (Fsp3) is 0.403. The molecule has 0 spiro atoms. The number of para-hydroxylation sites is 1. The fourth-order valence-corrected chi connectivity index (χ4v) is 11.1. The van der Waals surface area contributed by atoms with Crippen LogP contribution in [0.2, 0.25) is 0 Å². The molecule has 1 saturated heterocycles. The number of phenolic OH excluding ortho intramolecular Hbond substituents is 1. The number of aromatic nitrogens is 1. The van der Waals surface area contributed by atoms with Gasteiger partial charge in [0.2, 0.25) is 47.3 Å². The number of alkyl carbamates (subject to hydrolysis) is 1. The van der Waals surface area contributed by atoms with Gasteiger partial charge in [-0.05, 0) is 97.9 Å². The molecule has 28 nitrogen and oxygen atoms in total. The average molecular weight is 1380 g/mol. The van der Waals surface area contributed by atoms with E-state index in [2.05, 4.69) is 52.5 Å². The van der Waals surface area contributed by atoms with Crippen LogP contribution in [0.4, 0.5) is 4.79 Å². The van der Waals surface area contributed by atoms with Gasteiger partial charge in [0.25, 0.3) is 5.97 Å². The van der Waals surface area contributed by atoms with Crippen molar-refractivity contribution in [2.45, 2.75) is 148 Å². The summed E-state index contributed by atoms with van der Waals surface area (Å²) in [6, 6.07) is 27.3. The minimum absolute atomic E-state index is 0.0563. The quantitative estimate of drug-likeness (QED) is 0.0154. The van der Waals surface area contributed by atoms with Crippen LogP contribution in [-0.4, -0.2) is 172 Å². The number of nitrogens with zero attached hydrogens (tertiary/aromatic N) is 2. The number of carbonyl (C=O) groups excluding carboxylic acids is 9. The van der Waals surface area contributed by atoms with E-state index in [1.807, 2.05) is 81.4 Å². The van der Waals surface area contributed by atoms with Crippen molar-refractivity contribution in [2.75, 3.05) is 32.8 Å². The normalized spacial score (nSPS) is 14.6. The molecule has 1 fully saturated rings. The number of aromatic amines is 1. The summed E-state index contributed by atoms with van der Waals surface area (Å²) in [7, 11) is 0. The number of carboxylic acid groups (broad SMARTS) is 1. The third kappa shape index (κ3) is 25.8. The largest absolute Gasteiger partial charge is 0.508 e. The van der Waals surface area contributed by atoms with E-state index in [9.17, 15) is 48.6 Å². The number of aliphatic hydroxyl groups excluding tert-OH is 1. The monoisotopic (exact) mass is 1380 g/mol. The van der Waals surface area contributed by atoms with Crippen LogP contribution in [0, 0.1) is 12.8 Å². The van der Waals surface area contributed by atoms with Crippen molar-refractivity contribution in [1.82, 2.24) is 52.4 Å². The molecule has 0 unspecified atom stereocenters. The van der Waals surface area contributed by atoms with Gasteiger partial charge in [-0.2, -0.15) is 0 Å². The highest BCUT2D eigenvalue weighted by Crippen LogP contribution is 2.23. The lowest BCUT2D eigenvalue weighted by Gasteiger charge is -2.30. The van der Waals surface area contributed by atoms with Gasteiger partial charge in [0.1, 0.15) is 60.7 Å². The molecular formula is C72H93N13O15. The third-order valence-corrected chi connectivity index (χ3v) is 16.0. The van der Waals surface area contributed by atoms with Crippen molar-refractivity contribution >= 4 is 76.2 Å². The van der Waals surface area contributed by atoms with E-state index in [4.69, 9.17) is 30.8 Å². The van der Waals surface area contributed by atoms with Crippen molar-refractivity contribution in [2.24, 2.45) is 22.4 Å². The third-order valence-electron chi connectivity index (χ3n) is 16.0. The zero-order valence-electron chi connectivity index (χ0n) is 56.9. The molecule has 5 aromatic carbocycles. The molecule has 0 radical (unpaired) electrons. The van der Waals surface area contributed by atoms with E-state index >= 15 is 4.79 Å². The first kappa shape index (κ1) is 78.1. The number of phenols is 1. The summed E-state index contributed by atoms with van der Waals surface area (Å²) in [6.07, 6.45) is 1.54. The molecule has 16 N–H and O–H groups in total. The molecule has 536 valence electrons. The standard InChI is InChI=1S/C70H89N13O13.C2H4O2/c1-5-73-67(92)60-26-16-32-83(60)68(93)53(25-15-31-74-69(71)72)76-61(86)54(33-43(2)3)77-63(88)56(36-48-22-14-17-44(4)34-48)78-62(87)55(35-45-27-29-50(85)30-28-45)79-65(90)58(39-84)81-64(89)57(37-49-38-75-52-24-13-12-23-51(49)52)80-66(91)59(42-95-40-46-18-8-6-9-19-46)82-70(94)96-41-47-20-10-7-11-21-47;1-2(3)4/h6-14,17-24,27-30,34,38,43,53-60,75,84-85H,5,15-16,25-26,31-33,35-37,39-42H2,1-4H3,(H,73,92)(H,76,86)(H,77,88)(H,78,87)(H,79,90)(H,80,91)(H,81,89)(H,82,94)(H4,71,72,74);1H3,(H,3,4)/t53-,54-,55-,56+,57-,58-,59-,60-;/m0./s1. The minimum atomic E-state index is -1.78. The van der Waals surface area contributed by atoms with Gasteiger partial charge in [-0.25, -0.2) is 4.79 Å². The molecule has 9 amide bonds. The summed E-state index contributed by atoms with van der Waals surface area (Å²) >= 11 is 0. The Morgan fingerprint density at radius 2 is 1.16 bits per heavy atom. The Balaban J connectivity index is 0.00000383. The maximum absolute atomic E-state index is 15.0. The van der Waals surface area contributed by atoms with Crippen LogP contribution in [0.3, 0.4) is 0 Å². The number of H-pyrrole nitrogens is 1. The second kappa shape index (κ2) is 40.1. The first-order valence-electron chi connectivity index (χ1n) is 33.1. The first-order valence-corrected chi connectivity index (χ1v) is 33.1. The maximum Gasteiger partial charge on any atom is 0.408 e. The molecule has 100 heavy (non-hydrogen) atoms. The number of guanidine groups is 1. The predicted octanol–water partition coefficient (Wildman–Crippen LogP) is 2.94. The molecular weight excluding hydrogens is 1290 g/mol. The Morgan fingerprint density at radius 1 is 0.630 bits per heavy atom. The van der Waals surface area contributed by atoms with E-state index in [1.165, 1.54) is 29.2 Å². The number of aliphatic carboxylic acids is 1. The lowest BCUT2D eigenvalue weighted by atomic mass is 9.99. The zero-order valence-corrected chi connectivity index (χ0v) is 56.9. The number of carbonyl (C=O) groups is 10. The Kier molecular flexibility index (Phi) is 31.3. The number of aryl methyl sites for hydroxylation is 1. The number of carboxylic acids is 1. The summed E-state index contributed by atoms with van der Waals surface area (Å²) in [5.74, 6) is -7.41. The van der Waals surface area contributed by atoms with Gasteiger partial charge < -0.3 is 88.7 Å². The van der Waals surface area contributed by atoms with E-state index in [0.29, 0.717) is 47.0 Å². The molecule has 2 heterocycles. The van der Waals surface area contributed by atoms with Crippen LogP contribution < -0.4 is 54.0 Å². The number of fused-ring (bicyclic) bond motifs is 1. The molecule has 0 bridgehead atoms. The number of ether oxygens (including phenoxy) is 2. The van der Waals surface area contributed by atoms with Crippen LogP contribution in [0.1, 0.15) is 93.2 Å². The summed E-state index contributed by atoms with van der Waals surface area (Å²) < 4.78 is 11.4. The summed E-state index contributed by atoms with van der Waals surface area (Å²) in [5, 5.41) is 51.0. The van der Waals surface area contributed by atoms with E-state index in [0.717, 1.165) is 23.6 Å². The number of rotatable bonds is 35. The van der Waals surface area contributed by atoms with Crippen LogP contribution in [0.15, 0.2) is 145 Å². The number of amides is 9. The summed E-state index contributed by atoms with van der Waals surface area (Å²) in [6.45, 7) is 7.67. The van der Waals surface area contributed by atoms with Crippen LogP contribution >= 0.6 is 0 Å². The topological polar surface area (TPSA) is 430 Å². The lowest BCUT2D eigenvalue weighted by Crippen LogP contribution is -2.61. The molecule has 1 aliphatic rings. The molecule has 7 rings (SSSR count). The van der Waals surface area contributed by atoms with Gasteiger partial charge in [0.15, 0.2) is 5.96 Å². The first-order chi connectivity index (χ1) is 47.9. The highest BCUT2D eigenvalue weighted by Gasteiger charge is 2.40. The van der Waals surface area contributed by atoms with Gasteiger partial charge in [-0.3, -0.25) is 48.1 Å². The SMILES string of the molecule is CC(=O)O.CCNC(=O)[C@@H]1CCCN1C(=O)[C@H](CCCN=C(N)N)NC(=O)[C@H](CC(C)C)NC(=O)[C@@H](Cc1cccc(C)c1)NC(=O)[C@H](Cc1ccc(O)cc1)NC(=O)[C@H](CO)NC(=O)[C@H](Cc1c[nH]c2ccccc12)NC(=O)[C@H](COCc1ccccc1)NC(=O)OCc1ccccc1. The van der Waals surface area contributed by atoms with Crippen LogP contribution in [0.5, 0.6) is 5.75 Å². The zero-order chi connectivity index (χ0) is 72.7. The number of likely N-dealkylation sites (tertiary alicyclic amines) is 1. The smallest absolute Gasteiger partial charge is 0.408 e. The molecule has 0 saturated carbocycles. The second-order valence-electron chi connectivity index (χ2n) is 24.6. The van der Waals surface area contributed by atoms with Gasteiger partial charge in [-0.1, -0.05) is 135 Å². The highest BCUT2D eigenvalue weighted by atomic mass is 16.5. The lowest BCUT2D eigenvalue weighted by molar-refractivity contribution is -0.142. The number of hydrogen-bond donors (Lipinski definition) is 14. The average Bonchev–Trinajstić information content (AvgIpc) is 1.62. The van der Waals surface area contributed by atoms with Crippen LogP contribution in [0.25, 0.3) is 10.9 Å². The fourth-order valence-electron chi connectivity index (χ4n) is 11.1. The molecule has 8 atom stereocenters. The number of aliphatic hydroxyl groups is 1. The number of aliphatic imine (C=N–C) groups is 1. The number of aromatic hydroxyl groups is 1. The molecule has 28 heteroatoms. The van der Waals surface area contributed by atoms with Crippen molar-refractivity contribution in [3.8, 4) is 5.75 Å². The minimum Gasteiger partial charge on any atom is -0.508 e. The molecule has 0 aliphatic carbocycles. The Morgan fingerprint density at radius 3 is 1.76 bits per heavy atom. The Labute approximate surface area is 580 Å². The van der Waals surface area contributed by atoms with Gasteiger partial charge in [0.05, 0.1) is 19.8 Å². The van der Waals surface area contributed by atoms with Gasteiger partial charge in [0, 0.05) is 62.9 Å². The number of likely N-dealkylation sites (N-methyl/N-ethyl adjacent to an activating group) is 1. The maximum atomic E-state index is 15.0. The Hall–Kier alpha value is -10.9. The number of nitrogens with two attached hydrogens (primary N) is 2. The van der Waals surface area contributed by atoms with E-state index < -0.39 is 108 Å². The number of hydrogen-bond acceptors (Lipinski definition) is 15. The van der Waals surface area contributed by atoms with Crippen molar-refractivity contribution < 1.29 is 72.7 Å². The van der Waals surface area contributed by atoms with E-state index in [-0.39, 0.29) is 95.0 Å². The number of nitrogens with one attached hydrogen (secondary N) is 9. The summed E-state index contributed by atoms with van der Waals surface area (Å²) in [4.78, 5) is 147. The number of benzene rings is 5. The molecule has 6 aromatic rings. The van der Waals surface area contributed by atoms with Crippen molar-refractivity contribution in [3.05, 3.63) is 173 Å².